The van der Waals surface area contributed by atoms with Gasteiger partial charge in [0.2, 0.25) is 0 Å². The first-order valence-electron chi connectivity index (χ1n) is 4.49. The lowest BCUT2D eigenvalue weighted by Crippen LogP contribution is -2.19. The maximum absolute atomic E-state index is 9.22. The summed E-state index contributed by atoms with van der Waals surface area (Å²) in [6.07, 6.45) is 0.346. The molecule has 0 spiro atoms. The van der Waals surface area contributed by atoms with Crippen LogP contribution in [-0.2, 0) is 0 Å². The molecule has 0 fully saturated rings. The van der Waals surface area contributed by atoms with Gasteiger partial charge in [0.25, 0.3) is 0 Å². The molecule has 78 valence electrons. The third-order valence-corrected chi connectivity index (χ3v) is 3.10. The van der Waals surface area contributed by atoms with Gasteiger partial charge in [-0.05, 0) is 30.7 Å². The Labute approximate surface area is 93.5 Å². The van der Waals surface area contributed by atoms with Crippen LogP contribution in [0.2, 0.25) is 5.02 Å². The van der Waals surface area contributed by atoms with Gasteiger partial charge in [0, 0.05) is 22.2 Å². The Balaban J connectivity index is 2.28. The van der Waals surface area contributed by atoms with Crippen molar-refractivity contribution in [2.75, 3.05) is 12.3 Å². The average Bonchev–Trinajstić information content (AvgIpc) is 2.21. The number of halogens is 1. The molecule has 0 aliphatic rings. The van der Waals surface area contributed by atoms with Gasteiger partial charge < -0.3 is 10.8 Å². The molecule has 14 heavy (non-hydrogen) atoms. The monoisotopic (exact) mass is 231 g/mol. The van der Waals surface area contributed by atoms with E-state index in [2.05, 4.69) is 0 Å². The van der Waals surface area contributed by atoms with Crippen molar-refractivity contribution in [3.63, 3.8) is 0 Å². The molecular weight excluding hydrogens is 218 g/mol. The lowest BCUT2D eigenvalue weighted by atomic mass is 10.3. The van der Waals surface area contributed by atoms with Crippen LogP contribution in [0.5, 0.6) is 0 Å². The van der Waals surface area contributed by atoms with Gasteiger partial charge in [-0.25, -0.2) is 0 Å². The Kier molecular flexibility index (Phi) is 5.33. The highest BCUT2D eigenvalue weighted by atomic mass is 35.5. The van der Waals surface area contributed by atoms with E-state index in [-0.39, 0.29) is 6.10 Å². The Morgan fingerprint density at radius 1 is 1.36 bits per heavy atom. The van der Waals surface area contributed by atoms with Crippen molar-refractivity contribution in [2.45, 2.75) is 17.4 Å². The van der Waals surface area contributed by atoms with Crippen molar-refractivity contribution in [1.82, 2.24) is 0 Å². The van der Waals surface area contributed by atoms with Crippen LogP contribution in [0.15, 0.2) is 29.2 Å². The van der Waals surface area contributed by atoms with Crippen LogP contribution in [0.25, 0.3) is 0 Å². The first-order chi connectivity index (χ1) is 6.72. The number of benzene rings is 1. The van der Waals surface area contributed by atoms with Gasteiger partial charge in [0.05, 0.1) is 6.10 Å². The third kappa shape index (κ3) is 4.33. The van der Waals surface area contributed by atoms with Gasteiger partial charge in [0.1, 0.15) is 0 Å². The molecule has 0 aromatic heterocycles. The fourth-order valence-corrected chi connectivity index (χ4v) is 2.04. The lowest BCUT2D eigenvalue weighted by Gasteiger charge is -2.06. The van der Waals surface area contributed by atoms with Crippen LogP contribution in [0.4, 0.5) is 0 Å². The molecule has 0 bridgehead atoms. The summed E-state index contributed by atoms with van der Waals surface area (Å²) in [5.74, 6) is 0.875. The molecule has 0 saturated carbocycles. The van der Waals surface area contributed by atoms with Crippen LogP contribution in [-0.4, -0.2) is 23.5 Å². The van der Waals surface area contributed by atoms with E-state index in [1.165, 1.54) is 4.90 Å². The molecule has 0 heterocycles. The molecule has 0 saturated heterocycles. The number of hydrogen-bond donors (Lipinski definition) is 2. The molecular formula is C10H14ClNOS. The third-order valence-electron chi connectivity index (χ3n) is 1.81. The summed E-state index contributed by atoms with van der Waals surface area (Å²) in [7, 11) is 0. The number of thioether (sulfide) groups is 1. The van der Waals surface area contributed by atoms with E-state index >= 15 is 0 Å². The van der Waals surface area contributed by atoms with Crippen LogP contribution >= 0.6 is 23.4 Å². The Morgan fingerprint density at radius 3 is 2.57 bits per heavy atom. The summed E-state index contributed by atoms with van der Waals surface area (Å²) in [4.78, 5) is 1.17. The maximum Gasteiger partial charge on any atom is 0.0670 e. The zero-order valence-corrected chi connectivity index (χ0v) is 9.39. The number of aliphatic hydroxyl groups excluding tert-OH is 1. The predicted octanol–water partition coefficient (Wildman–Crippen LogP) is 2.14. The first-order valence-corrected chi connectivity index (χ1v) is 5.85. The number of hydrogen-bond acceptors (Lipinski definition) is 3. The van der Waals surface area contributed by atoms with E-state index in [9.17, 15) is 5.11 Å². The van der Waals surface area contributed by atoms with Crippen molar-refractivity contribution in [3.8, 4) is 0 Å². The molecule has 0 aliphatic heterocycles. The molecule has 1 rings (SSSR count). The second-order valence-corrected chi connectivity index (χ2v) is 4.59. The average molecular weight is 232 g/mol. The fourth-order valence-electron chi connectivity index (χ4n) is 0.961. The standard InChI is InChI=1S/C10H14ClNOS/c11-8-1-3-10(4-2-8)14-6-5-9(13)7-12/h1-4,9,13H,5-7,12H2. The predicted molar refractivity (Wildman–Crippen MR) is 61.9 cm³/mol. The van der Waals surface area contributed by atoms with Crippen molar-refractivity contribution < 1.29 is 5.11 Å². The zero-order valence-electron chi connectivity index (χ0n) is 7.82. The molecule has 4 heteroatoms. The maximum atomic E-state index is 9.22. The number of aliphatic hydroxyl groups is 1. The van der Waals surface area contributed by atoms with Crippen molar-refractivity contribution in [3.05, 3.63) is 29.3 Å². The summed E-state index contributed by atoms with van der Waals surface area (Å²) in [5.41, 5.74) is 5.29. The highest BCUT2D eigenvalue weighted by Crippen LogP contribution is 2.21. The minimum atomic E-state index is -0.380. The first kappa shape index (κ1) is 11.9. The molecule has 3 N–H and O–H groups in total. The molecule has 1 unspecified atom stereocenters. The van der Waals surface area contributed by atoms with Crippen LogP contribution in [0, 0.1) is 0 Å². The van der Waals surface area contributed by atoms with Gasteiger partial charge in [0.15, 0.2) is 0 Å². The molecule has 1 aromatic rings. The van der Waals surface area contributed by atoms with E-state index in [0.29, 0.717) is 6.54 Å². The van der Waals surface area contributed by atoms with E-state index in [0.717, 1.165) is 17.2 Å². The van der Waals surface area contributed by atoms with Gasteiger partial charge in [-0.2, -0.15) is 0 Å². The Bertz CT molecular complexity index is 265. The van der Waals surface area contributed by atoms with Crippen LogP contribution < -0.4 is 5.73 Å². The quantitative estimate of drug-likeness (QED) is 0.764. The van der Waals surface area contributed by atoms with E-state index < -0.39 is 0 Å². The van der Waals surface area contributed by atoms with Crippen molar-refractivity contribution in [2.24, 2.45) is 5.73 Å². The fraction of sp³-hybridized carbons (Fsp3) is 0.400. The van der Waals surface area contributed by atoms with Gasteiger partial charge in [-0.1, -0.05) is 11.6 Å². The largest absolute Gasteiger partial charge is 0.392 e. The van der Waals surface area contributed by atoms with E-state index in [4.69, 9.17) is 17.3 Å². The second-order valence-electron chi connectivity index (χ2n) is 2.98. The number of rotatable bonds is 5. The summed E-state index contributed by atoms with van der Waals surface area (Å²) in [6.45, 7) is 0.335. The SMILES string of the molecule is NCC(O)CCSc1ccc(Cl)cc1. The molecule has 1 atom stereocenters. The smallest absolute Gasteiger partial charge is 0.0670 e. The summed E-state index contributed by atoms with van der Waals surface area (Å²) < 4.78 is 0. The highest BCUT2D eigenvalue weighted by molar-refractivity contribution is 7.99. The van der Waals surface area contributed by atoms with Crippen LogP contribution in [0.1, 0.15) is 6.42 Å². The van der Waals surface area contributed by atoms with Gasteiger partial charge in [-0.15, -0.1) is 11.8 Å². The molecule has 2 nitrogen and oxygen atoms in total. The summed E-state index contributed by atoms with van der Waals surface area (Å²) in [6, 6.07) is 7.68. The van der Waals surface area contributed by atoms with E-state index in [1.54, 1.807) is 11.8 Å². The normalized spacial score (nSPS) is 12.8. The molecule has 0 amide bonds. The minimum absolute atomic E-state index is 0.335. The van der Waals surface area contributed by atoms with Crippen molar-refractivity contribution >= 4 is 23.4 Å². The number of nitrogens with two attached hydrogens (primary N) is 1. The zero-order chi connectivity index (χ0) is 10.4. The molecule has 0 aliphatic carbocycles. The van der Waals surface area contributed by atoms with Gasteiger partial charge >= 0.3 is 0 Å². The van der Waals surface area contributed by atoms with E-state index in [1.807, 2.05) is 24.3 Å². The lowest BCUT2D eigenvalue weighted by molar-refractivity contribution is 0.180. The van der Waals surface area contributed by atoms with Crippen molar-refractivity contribution in [1.29, 1.82) is 0 Å². The Hall–Kier alpha value is -0.220. The highest BCUT2D eigenvalue weighted by Gasteiger charge is 2.01. The summed E-state index contributed by atoms with van der Waals surface area (Å²) >= 11 is 7.45. The Morgan fingerprint density at radius 2 is 2.00 bits per heavy atom. The molecule has 0 radical (unpaired) electrons. The summed E-state index contributed by atoms with van der Waals surface area (Å²) in [5, 5.41) is 9.97. The van der Waals surface area contributed by atoms with Crippen LogP contribution in [0.3, 0.4) is 0 Å². The second kappa shape index (κ2) is 6.30. The minimum Gasteiger partial charge on any atom is -0.392 e. The van der Waals surface area contributed by atoms with Gasteiger partial charge in [-0.3, -0.25) is 0 Å². The topological polar surface area (TPSA) is 46.2 Å². The molecule has 1 aromatic carbocycles.